The first-order valence-electron chi connectivity index (χ1n) is 11.5. The fourth-order valence-electron chi connectivity index (χ4n) is 5.87. The number of hydrogen-bond acceptors (Lipinski definition) is 4. The van der Waals surface area contributed by atoms with Crippen LogP contribution in [0.4, 0.5) is 4.39 Å². The molecule has 170 valence electrons. The van der Waals surface area contributed by atoms with Crippen molar-refractivity contribution in [2.75, 3.05) is 6.54 Å². The number of carbonyl (C=O) groups excluding carboxylic acids is 2. The predicted molar refractivity (Wildman–Crippen MR) is 117 cm³/mol. The lowest BCUT2D eigenvalue weighted by molar-refractivity contribution is -0.126. The van der Waals surface area contributed by atoms with E-state index in [0.717, 1.165) is 31.2 Å². The van der Waals surface area contributed by atoms with E-state index in [-0.39, 0.29) is 22.4 Å². The van der Waals surface area contributed by atoms with Gasteiger partial charge >= 0.3 is 0 Å². The van der Waals surface area contributed by atoms with Gasteiger partial charge in [-0.15, -0.1) is 4.31 Å². The molecule has 3 N–H and O–H groups in total. The van der Waals surface area contributed by atoms with Gasteiger partial charge in [0, 0.05) is 18.2 Å². The molecule has 1 aromatic carbocycles. The molecule has 2 saturated carbocycles. The fraction of sp³-hybridized carbons (Fsp3) is 0.652. The molecule has 8 heteroatoms. The maximum absolute atomic E-state index is 14.5. The zero-order chi connectivity index (χ0) is 22.1. The van der Waals surface area contributed by atoms with Gasteiger partial charge in [-0.2, -0.15) is 0 Å². The third-order valence-corrected chi connectivity index (χ3v) is 9.00. The Kier molecular flexibility index (Phi) is 6.89. The van der Waals surface area contributed by atoms with Gasteiger partial charge in [-0.25, -0.2) is 4.39 Å². The van der Waals surface area contributed by atoms with Gasteiger partial charge in [-0.05, 0) is 68.1 Å². The molecule has 1 aliphatic heterocycles. The van der Waals surface area contributed by atoms with E-state index in [0.29, 0.717) is 24.8 Å². The molecule has 2 aliphatic carbocycles. The van der Waals surface area contributed by atoms with Crippen molar-refractivity contribution in [1.82, 2.24) is 9.62 Å². The standard InChI is InChI=1S/C23H32FN3O3S/c1-2-15-11-14-5-3-6-16(12-14)21(15)26-23(29)19-7-4-10-27(19)31(30)20-9-8-17(22(25)28)13-18(20)24/h8-9,13-16,19,21H,2-7,10-12H2,1H3,(H2,25,28)(H,26,29). The zero-order valence-electron chi connectivity index (χ0n) is 18.0. The second kappa shape index (κ2) is 9.46. The second-order valence-corrected chi connectivity index (χ2v) is 10.7. The Morgan fingerprint density at radius 1 is 1.26 bits per heavy atom. The Bertz CT molecular complexity index is 836. The number of nitrogens with two attached hydrogens (primary N) is 1. The highest BCUT2D eigenvalue weighted by atomic mass is 32.2. The minimum absolute atomic E-state index is 0.0241. The van der Waals surface area contributed by atoms with Crippen molar-refractivity contribution in [1.29, 1.82) is 0 Å². The molecule has 1 aromatic rings. The van der Waals surface area contributed by atoms with E-state index in [1.807, 2.05) is 0 Å². The third kappa shape index (κ3) is 4.61. The average molecular weight is 450 g/mol. The molecule has 0 aromatic heterocycles. The summed E-state index contributed by atoms with van der Waals surface area (Å²) in [7, 11) is 0. The number of fused-ring (bicyclic) bond motifs is 2. The summed E-state index contributed by atoms with van der Waals surface area (Å²) in [6.45, 7) is 2.66. The lowest BCUT2D eigenvalue weighted by Crippen LogP contribution is -2.55. The summed E-state index contributed by atoms with van der Waals surface area (Å²) in [5.74, 6) is 0.240. The number of nitrogens with one attached hydrogen (secondary N) is 1. The number of hydrogen-bond donors (Lipinski definition) is 2. The van der Waals surface area contributed by atoms with E-state index in [4.69, 9.17) is 5.73 Å². The van der Waals surface area contributed by atoms with Crippen molar-refractivity contribution in [2.24, 2.45) is 23.5 Å². The number of rotatable bonds is 6. The Morgan fingerprint density at radius 2 is 2.06 bits per heavy atom. The first-order chi connectivity index (χ1) is 14.9. The Balaban J connectivity index is 1.47. The number of primary amides is 1. The van der Waals surface area contributed by atoms with Crippen LogP contribution in [0.15, 0.2) is 23.1 Å². The molecule has 1 heterocycles. The van der Waals surface area contributed by atoms with Crippen LogP contribution in [0.3, 0.4) is 0 Å². The van der Waals surface area contributed by atoms with E-state index in [9.17, 15) is 18.5 Å². The van der Waals surface area contributed by atoms with Gasteiger partial charge in [-0.3, -0.25) is 9.59 Å². The predicted octanol–water partition coefficient (Wildman–Crippen LogP) is 3.13. The molecule has 6 atom stereocenters. The normalized spacial score (nSPS) is 31.9. The van der Waals surface area contributed by atoms with Crippen molar-refractivity contribution in [3.05, 3.63) is 29.6 Å². The number of amides is 2. The van der Waals surface area contributed by atoms with Crippen LogP contribution in [0.5, 0.6) is 0 Å². The van der Waals surface area contributed by atoms with Crippen LogP contribution in [-0.2, 0) is 16.2 Å². The van der Waals surface area contributed by atoms with Gasteiger partial charge in [0.1, 0.15) is 6.04 Å². The van der Waals surface area contributed by atoms with E-state index in [2.05, 4.69) is 12.2 Å². The monoisotopic (exact) mass is 449 g/mol. The van der Waals surface area contributed by atoms with Crippen molar-refractivity contribution < 1.29 is 18.5 Å². The molecule has 3 fully saturated rings. The van der Waals surface area contributed by atoms with Crippen LogP contribution in [-0.4, -0.2) is 39.3 Å². The smallest absolute Gasteiger partial charge is 0.248 e. The minimum Gasteiger partial charge on any atom is -0.593 e. The Hall–Kier alpha value is -1.64. The van der Waals surface area contributed by atoms with Crippen LogP contribution in [0.1, 0.15) is 68.6 Å². The van der Waals surface area contributed by atoms with Crippen LogP contribution in [0, 0.1) is 23.6 Å². The van der Waals surface area contributed by atoms with Crippen LogP contribution in [0.2, 0.25) is 0 Å². The summed E-state index contributed by atoms with van der Waals surface area (Å²) < 4.78 is 29.3. The lowest BCUT2D eigenvalue weighted by Gasteiger charge is -2.45. The summed E-state index contributed by atoms with van der Waals surface area (Å²) in [6.07, 6.45) is 8.47. The quantitative estimate of drug-likeness (QED) is 0.652. The lowest BCUT2D eigenvalue weighted by atomic mass is 9.64. The number of carbonyl (C=O) groups is 2. The number of benzene rings is 1. The Labute approximate surface area is 186 Å². The molecule has 6 unspecified atom stereocenters. The molecule has 6 nitrogen and oxygen atoms in total. The topological polar surface area (TPSA) is 98.5 Å². The first kappa shape index (κ1) is 22.6. The molecule has 0 spiro atoms. The van der Waals surface area contributed by atoms with Gasteiger partial charge in [0.25, 0.3) is 0 Å². The van der Waals surface area contributed by atoms with Gasteiger partial charge in [-0.1, -0.05) is 26.2 Å². The van der Waals surface area contributed by atoms with Gasteiger partial charge in [0.05, 0.1) is 11.4 Å². The molecule has 3 aliphatic rings. The SMILES string of the molecule is CCC1CC2CCCC(C2)C1NC(=O)C1CCCN1[S+]([O-])c1ccc(C(N)=O)cc1F. The zero-order valence-corrected chi connectivity index (χ0v) is 18.8. The summed E-state index contributed by atoms with van der Waals surface area (Å²) >= 11 is -1.82. The summed E-state index contributed by atoms with van der Waals surface area (Å²) in [6, 6.07) is 3.35. The van der Waals surface area contributed by atoms with Crippen molar-refractivity contribution in [2.45, 2.75) is 75.3 Å². The highest BCUT2D eigenvalue weighted by Crippen LogP contribution is 2.44. The van der Waals surface area contributed by atoms with Crippen LogP contribution < -0.4 is 11.1 Å². The van der Waals surface area contributed by atoms with Gasteiger partial charge in [0.2, 0.25) is 16.7 Å². The van der Waals surface area contributed by atoms with E-state index >= 15 is 0 Å². The molecule has 31 heavy (non-hydrogen) atoms. The molecular formula is C23H32FN3O3S. The van der Waals surface area contributed by atoms with Gasteiger partial charge < -0.3 is 15.6 Å². The molecule has 0 radical (unpaired) electrons. The molecule has 4 rings (SSSR count). The summed E-state index contributed by atoms with van der Waals surface area (Å²) in [5, 5.41) is 3.32. The first-order valence-corrected chi connectivity index (χ1v) is 12.6. The number of nitrogens with zero attached hydrogens (tertiary/aromatic N) is 1. The number of halogens is 1. The van der Waals surface area contributed by atoms with Crippen molar-refractivity contribution >= 4 is 23.2 Å². The maximum Gasteiger partial charge on any atom is 0.248 e. The third-order valence-electron chi connectivity index (χ3n) is 7.43. The van der Waals surface area contributed by atoms with Crippen LogP contribution in [0.25, 0.3) is 0 Å². The fourth-order valence-corrected chi connectivity index (χ4v) is 7.26. The highest BCUT2D eigenvalue weighted by Gasteiger charge is 2.44. The van der Waals surface area contributed by atoms with E-state index < -0.39 is 29.1 Å². The van der Waals surface area contributed by atoms with E-state index in [1.54, 1.807) is 4.31 Å². The van der Waals surface area contributed by atoms with Crippen LogP contribution >= 0.6 is 0 Å². The highest BCUT2D eigenvalue weighted by molar-refractivity contribution is 7.89. The molecule has 2 amide bonds. The van der Waals surface area contributed by atoms with Gasteiger partial charge in [0.15, 0.2) is 5.82 Å². The van der Waals surface area contributed by atoms with Crippen molar-refractivity contribution in [3.63, 3.8) is 0 Å². The largest absolute Gasteiger partial charge is 0.593 e. The summed E-state index contributed by atoms with van der Waals surface area (Å²) in [4.78, 5) is 24.5. The van der Waals surface area contributed by atoms with Crippen molar-refractivity contribution in [3.8, 4) is 0 Å². The maximum atomic E-state index is 14.5. The molecule has 1 saturated heterocycles. The summed E-state index contributed by atoms with van der Waals surface area (Å²) in [5.41, 5.74) is 5.23. The average Bonchev–Trinajstić information content (AvgIpc) is 3.25. The Morgan fingerprint density at radius 3 is 2.77 bits per heavy atom. The molecular weight excluding hydrogens is 417 g/mol. The minimum atomic E-state index is -1.82. The molecule has 2 bridgehead atoms. The second-order valence-electron chi connectivity index (χ2n) is 9.29. The van der Waals surface area contributed by atoms with E-state index in [1.165, 1.54) is 37.8 Å².